The van der Waals surface area contributed by atoms with Crippen molar-refractivity contribution in [1.29, 1.82) is 0 Å². The van der Waals surface area contributed by atoms with Gasteiger partial charge in [-0.3, -0.25) is 4.79 Å². The SMILES string of the molecule is COC(=O)C1(C)c2ccccc2-c2c1ccc1ccccc21. The molecule has 0 aromatic heterocycles. The first kappa shape index (κ1) is 13.1. The topological polar surface area (TPSA) is 26.3 Å². The minimum atomic E-state index is -0.745. The highest BCUT2D eigenvalue weighted by atomic mass is 16.5. The number of carbonyl (C=O) groups is 1. The zero-order chi connectivity index (χ0) is 15.3. The van der Waals surface area contributed by atoms with Gasteiger partial charge in [0.05, 0.1) is 7.11 Å². The summed E-state index contributed by atoms with van der Waals surface area (Å²) in [5.41, 5.74) is 3.58. The zero-order valence-electron chi connectivity index (χ0n) is 12.6. The fraction of sp³-hybridized carbons (Fsp3) is 0.150. The van der Waals surface area contributed by atoms with Crippen LogP contribution in [0.4, 0.5) is 0 Å². The van der Waals surface area contributed by atoms with E-state index in [1.807, 2.05) is 37.3 Å². The highest BCUT2D eigenvalue weighted by Crippen LogP contribution is 2.51. The minimum absolute atomic E-state index is 0.214. The molecule has 0 aliphatic heterocycles. The van der Waals surface area contributed by atoms with Crippen LogP contribution in [0.2, 0.25) is 0 Å². The summed E-state index contributed by atoms with van der Waals surface area (Å²) >= 11 is 0. The van der Waals surface area contributed by atoms with Crippen LogP contribution in [-0.4, -0.2) is 13.1 Å². The first-order valence-electron chi connectivity index (χ1n) is 7.38. The number of esters is 1. The molecule has 0 saturated heterocycles. The third-order valence-electron chi connectivity index (χ3n) is 4.80. The van der Waals surface area contributed by atoms with Gasteiger partial charge in [-0.15, -0.1) is 0 Å². The van der Waals surface area contributed by atoms with Crippen LogP contribution >= 0.6 is 0 Å². The van der Waals surface area contributed by atoms with E-state index in [1.54, 1.807) is 0 Å². The van der Waals surface area contributed by atoms with Crippen molar-refractivity contribution in [3.63, 3.8) is 0 Å². The molecule has 0 heterocycles. The summed E-state index contributed by atoms with van der Waals surface area (Å²) in [6.07, 6.45) is 0. The van der Waals surface area contributed by atoms with Gasteiger partial charge in [-0.25, -0.2) is 0 Å². The van der Waals surface area contributed by atoms with Crippen molar-refractivity contribution in [3.8, 4) is 11.1 Å². The van der Waals surface area contributed by atoms with Crippen LogP contribution in [-0.2, 0) is 14.9 Å². The standard InChI is InChI=1S/C20H16O2/c1-20(19(21)22-2)16-10-6-5-9-15(16)18-14-8-4-3-7-13(14)11-12-17(18)20/h3-12H,1-2H3. The van der Waals surface area contributed by atoms with E-state index in [0.29, 0.717) is 0 Å². The second-order valence-corrected chi connectivity index (χ2v) is 5.87. The number of methoxy groups -OCH3 is 1. The molecule has 0 radical (unpaired) electrons. The van der Waals surface area contributed by atoms with Crippen molar-refractivity contribution in [1.82, 2.24) is 0 Å². The summed E-state index contributed by atoms with van der Waals surface area (Å²) in [6.45, 7) is 1.96. The number of ether oxygens (including phenoxy) is 1. The molecule has 0 fully saturated rings. The monoisotopic (exact) mass is 288 g/mol. The molecule has 0 amide bonds. The lowest BCUT2D eigenvalue weighted by atomic mass is 9.80. The second kappa shape index (κ2) is 4.44. The van der Waals surface area contributed by atoms with E-state index in [-0.39, 0.29) is 5.97 Å². The summed E-state index contributed by atoms with van der Waals surface area (Å²) in [4.78, 5) is 12.6. The largest absolute Gasteiger partial charge is 0.468 e. The van der Waals surface area contributed by atoms with E-state index in [2.05, 4.69) is 30.3 Å². The molecule has 2 heteroatoms. The molecule has 108 valence electrons. The third-order valence-corrected chi connectivity index (χ3v) is 4.80. The summed E-state index contributed by atoms with van der Waals surface area (Å²) in [5.74, 6) is -0.214. The molecule has 1 unspecified atom stereocenters. The minimum Gasteiger partial charge on any atom is -0.468 e. The third kappa shape index (κ3) is 1.47. The number of carbonyl (C=O) groups excluding carboxylic acids is 1. The predicted octanol–water partition coefficient (Wildman–Crippen LogP) is 4.30. The molecular weight excluding hydrogens is 272 g/mol. The van der Waals surface area contributed by atoms with Crippen molar-refractivity contribution in [2.75, 3.05) is 7.11 Å². The Morgan fingerprint density at radius 3 is 2.45 bits per heavy atom. The number of hydrogen-bond donors (Lipinski definition) is 0. The van der Waals surface area contributed by atoms with Gasteiger partial charge in [-0.2, -0.15) is 0 Å². The van der Waals surface area contributed by atoms with E-state index in [9.17, 15) is 4.79 Å². The maximum absolute atomic E-state index is 12.6. The summed E-state index contributed by atoms with van der Waals surface area (Å²) in [7, 11) is 1.45. The maximum atomic E-state index is 12.6. The van der Waals surface area contributed by atoms with E-state index in [4.69, 9.17) is 4.74 Å². The van der Waals surface area contributed by atoms with Gasteiger partial charge in [0, 0.05) is 0 Å². The number of rotatable bonds is 1. The lowest BCUT2D eigenvalue weighted by Gasteiger charge is -2.24. The van der Waals surface area contributed by atoms with Crippen LogP contribution in [0.25, 0.3) is 21.9 Å². The maximum Gasteiger partial charge on any atom is 0.320 e. The predicted molar refractivity (Wildman–Crippen MR) is 87.9 cm³/mol. The Morgan fingerprint density at radius 2 is 1.64 bits per heavy atom. The van der Waals surface area contributed by atoms with Crippen LogP contribution < -0.4 is 0 Å². The van der Waals surface area contributed by atoms with Crippen molar-refractivity contribution in [2.24, 2.45) is 0 Å². The van der Waals surface area contributed by atoms with Crippen molar-refractivity contribution >= 4 is 16.7 Å². The van der Waals surface area contributed by atoms with Gasteiger partial charge in [0.1, 0.15) is 5.41 Å². The lowest BCUT2D eigenvalue weighted by Crippen LogP contribution is -2.32. The van der Waals surface area contributed by atoms with E-state index >= 15 is 0 Å². The Kier molecular flexibility index (Phi) is 2.64. The average molecular weight is 288 g/mol. The normalized spacial score (nSPS) is 18.8. The zero-order valence-corrected chi connectivity index (χ0v) is 12.6. The average Bonchev–Trinajstić information content (AvgIpc) is 2.85. The fourth-order valence-corrected chi connectivity index (χ4v) is 3.68. The van der Waals surface area contributed by atoms with Gasteiger partial charge < -0.3 is 4.74 Å². The molecule has 3 aromatic rings. The molecule has 3 aromatic carbocycles. The van der Waals surface area contributed by atoms with Crippen LogP contribution in [0.5, 0.6) is 0 Å². The Labute approximate surface area is 129 Å². The lowest BCUT2D eigenvalue weighted by molar-refractivity contribution is -0.145. The molecule has 2 nitrogen and oxygen atoms in total. The number of fused-ring (bicyclic) bond motifs is 5. The first-order valence-corrected chi connectivity index (χ1v) is 7.38. The summed E-state index contributed by atoms with van der Waals surface area (Å²) in [6, 6.07) is 20.6. The van der Waals surface area contributed by atoms with Gasteiger partial charge in [-0.05, 0) is 39.9 Å². The van der Waals surface area contributed by atoms with Gasteiger partial charge in [0.2, 0.25) is 0 Å². The Hall–Kier alpha value is -2.61. The molecule has 0 spiro atoms. The quantitative estimate of drug-likeness (QED) is 0.624. The van der Waals surface area contributed by atoms with Gasteiger partial charge >= 0.3 is 5.97 Å². The molecular formula is C20H16O2. The summed E-state index contributed by atoms with van der Waals surface area (Å²) < 4.78 is 5.12. The van der Waals surface area contributed by atoms with Gasteiger partial charge in [0.25, 0.3) is 0 Å². The highest BCUT2D eigenvalue weighted by Gasteiger charge is 2.46. The Balaban J connectivity index is 2.18. The van der Waals surface area contributed by atoms with Crippen molar-refractivity contribution < 1.29 is 9.53 Å². The van der Waals surface area contributed by atoms with Crippen LogP contribution in [0, 0.1) is 0 Å². The first-order chi connectivity index (χ1) is 10.7. The van der Waals surface area contributed by atoms with Crippen LogP contribution in [0.3, 0.4) is 0 Å². The fourth-order valence-electron chi connectivity index (χ4n) is 3.68. The van der Waals surface area contributed by atoms with Gasteiger partial charge in [-0.1, -0.05) is 60.7 Å². The number of benzene rings is 3. The molecule has 4 rings (SSSR count). The molecule has 0 N–H and O–H groups in total. The van der Waals surface area contributed by atoms with E-state index in [0.717, 1.165) is 22.3 Å². The second-order valence-electron chi connectivity index (χ2n) is 5.87. The van der Waals surface area contributed by atoms with Crippen molar-refractivity contribution in [3.05, 3.63) is 71.8 Å². The Morgan fingerprint density at radius 1 is 0.909 bits per heavy atom. The molecule has 0 saturated carbocycles. The number of hydrogen-bond acceptors (Lipinski definition) is 2. The molecule has 1 aliphatic rings. The smallest absolute Gasteiger partial charge is 0.320 e. The van der Waals surface area contributed by atoms with E-state index in [1.165, 1.54) is 17.9 Å². The Bertz CT molecular complexity index is 910. The molecule has 1 atom stereocenters. The van der Waals surface area contributed by atoms with Crippen LogP contribution in [0.1, 0.15) is 18.1 Å². The van der Waals surface area contributed by atoms with Crippen molar-refractivity contribution in [2.45, 2.75) is 12.3 Å². The van der Waals surface area contributed by atoms with Crippen LogP contribution in [0.15, 0.2) is 60.7 Å². The molecule has 1 aliphatic carbocycles. The molecule has 0 bridgehead atoms. The van der Waals surface area contributed by atoms with E-state index < -0.39 is 5.41 Å². The van der Waals surface area contributed by atoms with Gasteiger partial charge in [0.15, 0.2) is 0 Å². The molecule has 22 heavy (non-hydrogen) atoms. The summed E-state index contributed by atoms with van der Waals surface area (Å²) in [5, 5.41) is 2.37. The highest BCUT2D eigenvalue weighted by molar-refractivity contribution is 6.07.